The Labute approximate surface area is 88.8 Å². The molecule has 0 fully saturated rings. The minimum Gasteiger partial charge on any atom is -0.481 e. The number of alkyl halides is 3. The molecule has 0 aromatic heterocycles. The number of carboxylic acid groups (broad SMARTS) is 1. The molecule has 0 aliphatic rings. The van der Waals surface area contributed by atoms with Crippen molar-refractivity contribution < 1.29 is 38.8 Å². The minimum absolute atomic E-state index is 0.743. The van der Waals surface area contributed by atoms with E-state index in [-0.39, 0.29) is 0 Å². The number of halogens is 3. The van der Waals surface area contributed by atoms with Crippen molar-refractivity contribution >= 4 is 17.8 Å². The first kappa shape index (κ1) is 12.3. The van der Waals surface area contributed by atoms with E-state index >= 15 is 0 Å². The van der Waals surface area contributed by atoms with Gasteiger partial charge in [-0.2, -0.15) is 13.2 Å². The molecule has 0 saturated heterocycles. The van der Waals surface area contributed by atoms with Crippen molar-refractivity contribution in [1.82, 2.24) is 5.32 Å². The second-order valence-electron chi connectivity index (χ2n) is 2.49. The zero-order valence-corrected chi connectivity index (χ0v) is 7.92. The van der Waals surface area contributed by atoms with Crippen LogP contribution in [0.2, 0.25) is 0 Å². The first-order chi connectivity index (χ1) is 7.53. The highest BCUT2D eigenvalue weighted by atomic mass is 19.4. The van der Waals surface area contributed by atoms with E-state index in [1.165, 1.54) is 0 Å². The maximum atomic E-state index is 11.9. The van der Waals surface area contributed by atoms with Gasteiger partial charge in [-0.3, -0.25) is 9.59 Å². The van der Waals surface area contributed by atoms with Crippen LogP contribution < -0.4 is 5.32 Å². The molecule has 16 heavy (non-hydrogen) atoms. The van der Waals surface area contributed by atoms with Crippen molar-refractivity contribution in [3.63, 3.8) is 0 Å². The summed E-state index contributed by atoms with van der Waals surface area (Å²) in [7, 11) is 0.743. The molecule has 0 radical (unpaired) electrons. The predicted molar refractivity (Wildman–Crippen MR) is 42.3 cm³/mol. The van der Waals surface area contributed by atoms with E-state index < -0.39 is 36.5 Å². The molecule has 0 aromatic rings. The lowest BCUT2D eigenvalue weighted by molar-refractivity contribution is -0.176. The van der Waals surface area contributed by atoms with Crippen molar-refractivity contribution in [3.05, 3.63) is 0 Å². The second kappa shape index (κ2) is 5.33. The molecule has 0 saturated carbocycles. The summed E-state index contributed by atoms with van der Waals surface area (Å²) in [5.74, 6) is -5.95. The zero-order chi connectivity index (χ0) is 13.9. The molecule has 0 unspecified atom stereocenters. The van der Waals surface area contributed by atoms with Crippen LogP contribution in [0.4, 0.5) is 13.2 Å². The number of esters is 1. The van der Waals surface area contributed by atoms with Crippen LogP contribution in [0.15, 0.2) is 0 Å². The summed E-state index contributed by atoms with van der Waals surface area (Å²) in [6.45, 7) is 0. The van der Waals surface area contributed by atoms with E-state index in [1.54, 1.807) is 0 Å². The highest BCUT2D eigenvalue weighted by Gasteiger charge is 2.41. The summed E-state index contributed by atoms with van der Waals surface area (Å²) >= 11 is 0. The van der Waals surface area contributed by atoms with Crippen LogP contribution >= 0.6 is 0 Å². The lowest BCUT2D eigenvalue weighted by Crippen LogP contribution is -2.48. The van der Waals surface area contributed by atoms with Crippen molar-refractivity contribution in [2.75, 3.05) is 7.11 Å². The monoisotopic (exact) mass is 244 g/mol. The van der Waals surface area contributed by atoms with Crippen molar-refractivity contribution in [2.45, 2.75) is 18.6 Å². The second-order valence-corrected chi connectivity index (χ2v) is 2.49. The van der Waals surface area contributed by atoms with Gasteiger partial charge in [-0.05, 0) is 0 Å². The van der Waals surface area contributed by atoms with Crippen LogP contribution in [0, 0.1) is 0 Å². The molecule has 0 heterocycles. The number of carbonyl (C=O) groups is 3. The average molecular weight is 244 g/mol. The van der Waals surface area contributed by atoms with Crippen LogP contribution in [-0.2, 0) is 19.1 Å². The van der Waals surface area contributed by atoms with Crippen LogP contribution in [0.5, 0.6) is 0 Å². The lowest BCUT2D eigenvalue weighted by Gasteiger charge is -2.15. The number of rotatable bonds is 4. The number of carboxylic acids is 1. The van der Waals surface area contributed by atoms with Gasteiger partial charge in [0.05, 0.1) is 14.9 Å². The molecule has 9 heteroatoms. The number of carbonyl (C=O) groups excluding carboxylic acids is 2. The maximum absolute atomic E-state index is 11.9. The maximum Gasteiger partial charge on any atom is 0.471 e. The molecule has 0 spiro atoms. The fourth-order valence-electron chi connectivity index (χ4n) is 0.650. The Morgan fingerprint density at radius 3 is 2.31 bits per heavy atom. The van der Waals surface area contributed by atoms with Gasteiger partial charge in [-0.1, -0.05) is 0 Å². The Bertz CT molecular complexity index is 345. The first-order valence-electron chi connectivity index (χ1n) is 4.22. The Morgan fingerprint density at radius 2 is 2.00 bits per heavy atom. The number of nitrogens with one attached hydrogen (secondary N) is 1. The third kappa shape index (κ3) is 4.62. The number of amides is 1. The lowest BCUT2D eigenvalue weighted by atomic mass is 10.2. The largest absolute Gasteiger partial charge is 0.481 e. The predicted octanol–water partition coefficient (Wildman–Crippen LogP) is -0.319. The molecule has 92 valence electrons. The van der Waals surface area contributed by atoms with Crippen LogP contribution in [0.3, 0.4) is 0 Å². The van der Waals surface area contributed by atoms with E-state index in [2.05, 4.69) is 4.74 Å². The first-order valence-corrected chi connectivity index (χ1v) is 3.72. The third-order valence-corrected chi connectivity index (χ3v) is 1.28. The summed E-state index contributed by atoms with van der Waals surface area (Å²) < 4.78 is 46.8. The number of ether oxygens (including phenoxy) is 1. The molecule has 0 aromatic carbocycles. The minimum atomic E-state index is -5.33. The highest BCUT2D eigenvalue weighted by Crippen LogP contribution is 2.15. The smallest absolute Gasteiger partial charge is 0.471 e. The van der Waals surface area contributed by atoms with E-state index in [0.29, 0.717) is 0 Å². The SMILES string of the molecule is [2H][C@@](CC(=O)O)(NC(=O)C(F)(F)F)C(=O)OC. The van der Waals surface area contributed by atoms with Crippen molar-refractivity contribution in [2.24, 2.45) is 0 Å². The van der Waals surface area contributed by atoms with Crippen LogP contribution in [0.1, 0.15) is 7.79 Å². The van der Waals surface area contributed by atoms with Crippen LogP contribution in [-0.4, -0.2) is 42.3 Å². The van der Waals surface area contributed by atoms with Gasteiger partial charge < -0.3 is 15.2 Å². The molecular weight excluding hydrogens is 235 g/mol. The third-order valence-electron chi connectivity index (χ3n) is 1.28. The van der Waals surface area contributed by atoms with Crippen molar-refractivity contribution in [1.29, 1.82) is 0 Å². The van der Waals surface area contributed by atoms with E-state index in [9.17, 15) is 27.6 Å². The van der Waals surface area contributed by atoms with Gasteiger partial charge in [0.15, 0.2) is 0 Å². The van der Waals surface area contributed by atoms with Crippen LogP contribution in [0.25, 0.3) is 0 Å². The molecule has 0 rings (SSSR count). The Hall–Kier alpha value is -1.80. The van der Waals surface area contributed by atoms with Gasteiger partial charge >= 0.3 is 24.0 Å². The molecule has 6 nitrogen and oxygen atoms in total. The van der Waals surface area contributed by atoms with Gasteiger partial charge in [0, 0.05) is 0 Å². The normalized spacial score (nSPS) is 15.6. The topological polar surface area (TPSA) is 92.7 Å². The highest BCUT2D eigenvalue weighted by molar-refractivity contribution is 5.89. The summed E-state index contributed by atoms with van der Waals surface area (Å²) in [5, 5.41) is 9.31. The van der Waals surface area contributed by atoms with Gasteiger partial charge in [-0.15, -0.1) is 0 Å². The number of hydrogen-bond donors (Lipinski definition) is 2. The molecule has 1 atom stereocenters. The van der Waals surface area contributed by atoms with Gasteiger partial charge in [0.2, 0.25) is 0 Å². The number of hydrogen-bond acceptors (Lipinski definition) is 4. The fraction of sp³-hybridized carbons (Fsp3) is 0.571. The van der Waals surface area contributed by atoms with E-state index in [4.69, 9.17) is 6.48 Å². The van der Waals surface area contributed by atoms with E-state index in [1.807, 2.05) is 0 Å². The summed E-state index contributed by atoms with van der Waals surface area (Å²) in [4.78, 5) is 31.8. The Morgan fingerprint density at radius 1 is 1.50 bits per heavy atom. The van der Waals surface area contributed by atoms with Gasteiger partial charge in [-0.25, -0.2) is 4.79 Å². The number of methoxy groups -OCH3 is 1. The summed E-state index contributed by atoms with van der Waals surface area (Å²) in [6.07, 6.45) is -6.69. The molecular formula is C7H8F3NO5. The zero-order valence-electron chi connectivity index (χ0n) is 8.92. The molecule has 2 N–H and O–H groups in total. The summed E-state index contributed by atoms with van der Waals surface area (Å²) in [5.41, 5.74) is 0. The standard InChI is InChI=1S/C7H8F3NO5/c1-16-5(14)3(2-4(12)13)11-6(15)7(8,9)10/h3H,2H2,1H3,(H,11,15)(H,12,13)/t3-/m0/s1/i3D. The Kier molecular flexibility index (Phi) is 4.09. The van der Waals surface area contributed by atoms with Gasteiger partial charge in [0.1, 0.15) is 6.02 Å². The molecule has 1 amide bonds. The Balaban J connectivity index is 5.02. The van der Waals surface area contributed by atoms with Gasteiger partial charge in [0.25, 0.3) is 0 Å². The van der Waals surface area contributed by atoms with Crippen molar-refractivity contribution in [3.8, 4) is 0 Å². The fourth-order valence-corrected chi connectivity index (χ4v) is 0.650. The summed E-state index contributed by atoms with van der Waals surface area (Å²) in [6, 6.07) is -3.02. The molecule has 0 aliphatic heterocycles. The molecule has 0 aliphatic carbocycles. The average Bonchev–Trinajstić information content (AvgIpc) is 2.13. The number of aliphatic carboxylic acids is 1. The quantitative estimate of drug-likeness (QED) is 0.661. The molecule has 0 bridgehead atoms. The van der Waals surface area contributed by atoms with E-state index in [0.717, 1.165) is 12.4 Å².